The van der Waals surface area contributed by atoms with Gasteiger partial charge in [0.1, 0.15) is 5.69 Å². The Hall–Kier alpha value is -1.10. The monoisotopic (exact) mass is 312 g/mol. The third-order valence-corrected chi connectivity index (χ3v) is 4.27. The molecule has 18 heavy (non-hydrogen) atoms. The topological polar surface area (TPSA) is 62.0 Å². The predicted molar refractivity (Wildman–Crippen MR) is 74.1 cm³/mol. The number of hydrogen-bond donors (Lipinski definition) is 2. The first-order valence-corrected chi connectivity index (χ1v) is 7.39. The molecule has 2 N–H and O–H groups in total. The second-order valence-corrected chi connectivity index (χ2v) is 5.35. The van der Waals surface area contributed by atoms with Gasteiger partial charge in [0.05, 0.1) is 0 Å². The summed E-state index contributed by atoms with van der Waals surface area (Å²) in [5.41, 5.74) is 0.0877. The average molecular weight is 313 g/mol. The fourth-order valence-electron chi connectivity index (χ4n) is 2.41. The number of aromatic amines is 1. The maximum atomic E-state index is 12.0. The molecule has 0 saturated heterocycles. The maximum Gasteiger partial charge on any atom is 0.268 e. The molecular weight excluding hydrogens is 296 g/mol. The van der Waals surface area contributed by atoms with Crippen LogP contribution in [0.4, 0.5) is 0 Å². The highest BCUT2D eigenvalue weighted by molar-refractivity contribution is 9.09. The molecule has 1 aromatic heterocycles. The summed E-state index contributed by atoms with van der Waals surface area (Å²) in [5.74, 6) is 0.295. The molecule has 4 nitrogen and oxygen atoms in total. The molecule has 0 aliphatic heterocycles. The zero-order valence-corrected chi connectivity index (χ0v) is 11.7. The van der Waals surface area contributed by atoms with Crippen LogP contribution in [0.15, 0.2) is 23.0 Å². The number of H-pyrrole nitrogens is 1. The Morgan fingerprint density at radius 3 is 2.89 bits per heavy atom. The number of pyridine rings is 1. The first-order valence-electron chi connectivity index (χ1n) is 6.27. The standard InChI is InChI=1S/C13H17BrN2O2/c14-8-9-4-1-2-5-10(9)16-13(18)11-6-3-7-12(17)15-11/h3,6-7,9-10H,1-2,4-5,8H2,(H,15,17)(H,16,18). The lowest BCUT2D eigenvalue weighted by Gasteiger charge is -2.30. The molecule has 1 fully saturated rings. The Kier molecular flexibility index (Phi) is 4.58. The summed E-state index contributed by atoms with van der Waals surface area (Å²) in [7, 11) is 0. The van der Waals surface area contributed by atoms with E-state index >= 15 is 0 Å². The van der Waals surface area contributed by atoms with Crippen molar-refractivity contribution in [2.24, 2.45) is 5.92 Å². The molecule has 5 heteroatoms. The molecule has 98 valence electrons. The van der Waals surface area contributed by atoms with Gasteiger partial charge >= 0.3 is 0 Å². The van der Waals surface area contributed by atoms with E-state index < -0.39 is 0 Å². The van der Waals surface area contributed by atoms with E-state index in [9.17, 15) is 9.59 Å². The van der Waals surface area contributed by atoms with Crippen LogP contribution in [0.2, 0.25) is 0 Å². The van der Waals surface area contributed by atoms with E-state index in [0.29, 0.717) is 11.6 Å². The van der Waals surface area contributed by atoms with Crippen LogP contribution in [0.5, 0.6) is 0 Å². The molecule has 1 amide bonds. The van der Waals surface area contributed by atoms with E-state index in [2.05, 4.69) is 26.2 Å². The number of alkyl halides is 1. The summed E-state index contributed by atoms with van der Waals surface area (Å²) < 4.78 is 0. The minimum absolute atomic E-state index is 0.189. The average Bonchev–Trinajstić information content (AvgIpc) is 2.39. The fraction of sp³-hybridized carbons (Fsp3) is 0.538. The molecule has 1 heterocycles. The highest BCUT2D eigenvalue weighted by Gasteiger charge is 2.25. The number of carbonyl (C=O) groups excluding carboxylic acids is 1. The van der Waals surface area contributed by atoms with Crippen LogP contribution in [-0.4, -0.2) is 22.3 Å². The van der Waals surface area contributed by atoms with Gasteiger partial charge in [-0.2, -0.15) is 0 Å². The van der Waals surface area contributed by atoms with Crippen molar-refractivity contribution in [3.05, 3.63) is 34.2 Å². The van der Waals surface area contributed by atoms with Gasteiger partial charge in [-0.1, -0.05) is 34.8 Å². The Bertz CT molecular complexity index is 472. The highest BCUT2D eigenvalue weighted by Crippen LogP contribution is 2.26. The number of aromatic nitrogens is 1. The smallest absolute Gasteiger partial charge is 0.268 e. The zero-order valence-electron chi connectivity index (χ0n) is 10.1. The molecule has 1 aliphatic carbocycles. The summed E-state index contributed by atoms with van der Waals surface area (Å²) in [6, 6.07) is 4.83. The normalized spacial score (nSPS) is 23.6. The highest BCUT2D eigenvalue weighted by atomic mass is 79.9. The maximum absolute atomic E-state index is 12.0. The molecule has 1 saturated carbocycles. The van der Waals surface area contributed by atoms with E-state index in [1.807, 2.05) is 0 Å². The molecule has 2 rings (SSSR count). The van der Waals surface area contributed by atoms with Gasteiger partial charge < -0.3 is 10.3 Å². The Labute approximate surface area is 114 Å². The van der Waals surface area contributed by atoms with Crippen LogP contribution >= 0.6 is 15.9 Å². The van der Waals surface area contributed by atoms with Crippen LogP contribution in [0.1, 0.15) is 36.2 Å². The molecular formula is C13H17BrN2O2. The minimum Gasteiger partial charge on any atom is -0.348 e. The van der Waals surface area contributed by atoms with Gasteiger partial charge in [-0.15, -0.1) is 0 Å². The van der Waals surface area contributed by atoms with Crippen LogP contribution in [-0.2, 0) is 0 Å². The molecule has 2 atom stereocenters. The fourth-order valence-corrected chi connectivity index (χ4v) is 3.18. The summed E-state index contributed by atoms with van der Waals surface area (Å²) in [5, 5.41) is 3.93. The van der Waals surface area contributed by atoms with Gasteiger partial charge in [0.25, 0.3) is 5.91 Å². The van der Waals surface area contributed by atoms with Gasteiger partial charge in [0.2, 0.25) is 5.56 Å². The third-order valence-electron chi connectivity index (χ3n) is 3.44. The minimum atomic E-state index is -0.247. The number of carbonyl (C=O) groups is 1. The van der Waals surface area contributed by atoms with Crippen molar-refractivity contribution in [2.45, 2.75) is 31.7 Å². The van der Waals surface area contributed by atoms with Crippen molar-refractivity contribution in [1.29, 1.82) is 0 Å². The van der Waals surface area contributed by atoms with Crippen molar-refractivity contribution in [3.8, 4) is 0 Å². The lowest BCUT2D eigenvalue weighted by atomic mass is 9.86. The molecule has 0 spiro atoms. The molecule has 1 aromatic rings. The first kappa shape index (κ1) is 13.3. The van der Waals surface area contributed by atoms with Crippen molar-refractivity contribution in [2.75, 3.05) is 5.33 Å². The van der Waals surface area contributed by atoms with Gasteiger partial charge in [-0.05, 0) is 24.8 Å². The van der Waals surface area contributed by atoms with Crippen molar-refractivity contribution in [1.82, 2.24) is 10.3 Å². The molecule has 1 aliphatic rings. The van der Waals surface area contributed by atoms with E-state index in [0.717, 1.165) is 24.6 Å². The van der Waals surface area contributed by atoms with Crippen LogP contribution < -0.4 is 10.9 Å². The first-order chi connectivity index (χ1) is 8.70. The Morgan fingerprint density at radius 2 is 2.17 bits per heavy atom. The van der Waals surface area contributed by atoms with Crippen molar-refractivity contribution in [3.63, 3.8) is 0 Å². The van der Waals surface area contributed by atoms with E-state index in [1.165, 1.54) is 12.5 Å². The Balaban J connectivity index is 2.04. The van der Waals surface area contributed by atoms with E-state index in [1.54, 1.807) is 12.1 Å². The lowest BCUT2D eigenvalue weighted by molar-refractivity contribution is 0.0906. The third kappa shape index (κ3) is 3.22. The quantitative estimate of drug-likeness (QED) is 0.839. The van der Waals surface area contributed by atoms with Gasteiger partial charge in [-0.25, -0.2) is 0 Å². The zero-order chi connectivity index (χ0) is 13.0. The number of nitrogens with one attached hydrogen (secondary N) is 2. The van der Waals surface area contributed by atoms with Crippen molar-refractivity contribution < 1.29 is 4.79 Å². The largest absolute Gasteiger partial charge is 0.348 e. The molecule has 0 bridgehead atoms. The molecule has 0 radical (unpaired) electrons. The summed E-state index contributed by atoms with van der Waals surface area (Å²) in [6.07, 6.45) is 4.53. The second kappa shape index (κ2) is 6.18. The number of amides is 1. The van der Waals surface area contributed by atoms with Gasteiger partial charge in [0.15, 0.2) is 0 Å². The van der Waals surface area contributed by atoms with E-state index in [-0.39, 0.29) is 17.5 Å². The summed E-state index contributed by atoms with van der Waals surface area (Å²) in [6.45, 7) is 0. The Morgan fingerprint density at radius 1 is 1.39 bits per heavy atom. The lowest BCUT2D eigenvalue weighted by Crippen LogP contribution is -2.43. The molecule has 2 unspecified atom stereocenters. The van der Waals surface area contributed by atoms with E-state index in [4.69, 9.17) is 0 Å². The van der Waals surface area contributed by atoms with Crippen LogP contribution in [0, 0.1) is 5.92 Å². The predicted octanol–water partition coefficient (Wildman–Crippen LogP) is 2.06. The van der Waals surface area contributed by atoms with Crippen molar-refractivity contribution >= 4 is 21.8 Å². The van der Waals surface area contributed by atoms with Crippen LogP contribution in [0.3, 0.4) is 0 Å². The summed E-state index contributed by atoms with van der Waals surface area (Å²) in [4.78, 5) is 25.7. The number of hydrogen-bond acceptors (Lipinski definition) is 2. The summed E-state index contributed by atoms with van der Waals surface area (Å²) >= 11 is 3.50. The second-order valence-electron chi connectivity index (χ2n) is 4.71. The van der Waals surface area contributed by atoms with Crippen LogP contribution in [0.25, 0.3) is 0 Å². The van der Waals surface area contributed by atoms with Gasteiger partial charge in [0, 0.05) is 17.4 Å². The SMILES string of the molecule is O=C(NC1CCCCC1CBr)c1cccc(=O)[nH]1. The van der Waals surface area contributed by atoms with Gasteiger partial charge in [-0.3, -0.25) is 9.59 Å². The number of rotatable bonds is 3. The number of halogens is 1. The molecule has 0 aromatic carbocycles.